The fourth-order valence-electron chi connectivity index (χ4n) is 2.29. The number of hydrogen-bond acceptors (Lipinski definition) is 2. The van der Waals surface area contributed by atoms with Gasteiger partial charge in [-0.2, -0.15) is 0 Å². The summed E-state index contributed by atoms with van der Waals surface area (Å²) in [5.74, 6) is -3.72. The number of amides is 2. The number of imide groups is 1. The van der Waals surface area contributed by atoms with Crippen LogP contribution >= 0.6 is 0 Å². The van der Waals surface area contributed by atoms with E-state index in [-0.39, 0.29) is 29.7 Å². The molecule has 1 aromatic rings. The largest absolute Gasteiger partial charge is 0.296 e. The van der Waals surface area contributed by atoms with Crippen LogP contribution in [0.3, 0.4) is 0 Å². The second-order valence-corrected chi connectivity index (χ2v) is 6.11. The molecule has 5 heteroatoms. The van der Waals surface area contributed by atoms with E-state index in [1.165, 1.54) is 6.07 Å². The lowest BCUT2D eigenvalue weighted by atomic mass is 9.82. The lowest BCUT2D eigenvalue weighted by Crippen LogP contribution is -2.40. The van der Waals surface area contributed by atoms with Gasteiger partial charge in [-0.3, -0.25) is 14.9 Å². The maximum absolute atomic E-state index is 14.0. The fourth-order valence-corrected chi connectivity index (χ4v) is 2.29. The molecule has 0 aromatic heterocycles. The molecule has 2 rings (SSSR count). The van der Waals surface area contributed by atoms with Crippen molar-refractivity contribution in [3.63, 3.8) is 0 Å². The van der Waals surface area contributed by atoms with Crippen molar-refractivity contribution in [1.82, 2.24) is 5.32 Å². The first-order valence-electron chi connectivity index (χ1n) is 6.53. The molecule has 1 atom stereocenters. The first-order valence-corrected chi connectivity index (χ1v) is 6.53. The summed E-state index contributed by atoms with van der Waals surface area (Å²) in [4.78, 5) is 22.9. The molecule has 1 heterocycles. The standard InChI is InChI=1S/C15H17F2NO2/c1-15(2,3)8-6-10(13(17)11(16)7-8)9-4-5-12(19)18-14(9)20/h6-7,9H,4-5H2,1-3H3,(H,18,19,20). The Balaban J connectivity index is 2.48. The van der Waals surface area contributed by atoms with Crippen LogP contribution in [0.4, 0.5) is 8.78 Å². The number of carbonyl (C=O) groups excluding carboxylic acids is 2. The highest BCUT2D eigenvalue weighted by molar-refractivity contribution is 6.00. The van der Waals surface area contributed by atoms with E-state index >= 15 is 0 Å². The Morgan fingerprint density at radius 2 is 1.85 bits per heavy atom. The maximum Gasteiger partial charge on any atom is 0.234 e. The van der Waals surface area contributed by atoms with Crippen molar-refractivity contribution in [3.8, 4) is 0 Å². The van der Waals surface area contributed by atoms with Crippen molar-refractivity contribution in [3.05, 3.63) is 34.9 Å². The Morgan fingerprint density at radius 3 is 2.40 bits per heavy atom. The van der Waals surface area contributed by atoms with E-state index in [2.05, 4.69) is 5.32 Å². The van der Waals surface area contributed by atoms with E-state index < -0.39 is 23.5 Å². The van der Waals surface area contributed by atoms with E-state index in [0.29, 0.717) is 5.56 Å². The van der Waals surface area contributed by atoms with Gasteiger partial charge in [0.1, 0.15) is 0 Å². The number of piperidine rings is 1. The summed E-state index contributed by atoms with van der Waals surface area (Å²) in [6, 6.07) is 2.68. The quantitative estimate of drug-likeness (QED) is 0.805. The second-order valence-electron chi connectivity index (χ2n) is 6.11. The Bertz CT molecular complexity index is 576. The van der Waals surface area contributed by atoms with Crippen molar-refractivity contribution >= 4 is 11.8 Å². The van der Waals surface area contributed by atoms with E-state index in [4.69, 9.17) is 0 Å². The van der Waals surface area contributed by atoms with Crippen LogP contribution in [0, 0.1) is 11.6 Å². The minimum atomic E-state index is -1.01. The minimum absolute atomic E-state index is 0.0277. The molecule has 0 bridgehead atoms. The molecule has 2 amide bonds. The zero-order valence-corrected chi connectivity index (χ0v) is 11.7. The zero-order chi connectivity index (χ0) is 15.1. The zero-order valence-electron chi connectivity index (χ0n) is 11.7. The smallest absolute Gasteiger partial charge is 0.234 e. The van der Waals surface area contributed by atoms with E-state index in [1.807, 2.05) is 20.8 Å². The summed E-state index contributed by atoms with van der Waals surface area (Å²) in [6.45, 7) is 5.65. The highest BCUT2D eigenvalue weighted by Crippen LogP contribution is 2.32. The third kappa shape index (κ3) is 2.71. The molecular weight excluding hydrogens is 264 g/mol. The van der Waals surface area contributed by atoms with Crippen LogP contribution in [0.1, 0.15) is 50.7 Å². The summed E-state index contributed by atoms with van der Waals surface area (Å²) < 4.78 is 27.7. The number of nitrogens with one attached hydrogen (secondary N) is 1. The summed E-state index contributed by atoms with van der Waals surface area (Å²) in [6.07, 6.45) is 0.339. The molecule has 1 N–H and O–H groups in total. The van der Waals surface area contributed by atoms with Crippen LogP contribution in [0.15, 0.2) is 12.1 Å². The molecular formula is C15H17F2NO2. The van der Waals surface area contributed by atoms with Crippen LogP contribution in [-0.4, -0.2) is 11.8 Å². The van der Waals surface area contributed by atoms with Gasteiger partial charge >= 0.3 is 0 Å². The molecule has 20 heavy (non-hydrogen) atoms. The Kier molecular flexibility index (Phi) is 3.63. The Morgan fingerprint density at radius 1 is 1.20 bits per heavy atom. The summed E-state index contributed by atoms with van der Waals surface area (Å²) in [5, 5.41) is 2.17. The van der Waals surface area contributed by atoms with Crippen molar-refractivity contribution in [2.75, 3.05) is 0 Å². The van der Waals surface area contributed by atoms with E-state index in [1.54, 1.807) is 0 Å². The fraction of sp³-hybridized carbons (Fsp3) is 0.467. The van der Waals surface area contributed by atoms with Gasteiger partial charge in [-0.25, -0.2) is 8.78 Å². The van der Waals surface area contributed by atoms with Gasteiger partial charge < -0.3 is 0 Å². The van der Waals surface area contributed by atoms with Gasteiger partial charge in [0, 0.05) is 12.0 Å². The van der Waals surface area contributed by atoms with Crippen molar-refractivity contribution in [1.29, 1.82) is 0 Å². The molecule has 1 aromatic carbocycles. The van der Waals surface area contributed by atoms with Gasteiger partial charge in [0.25, 0.3) is 0 Å². The normalized spacial score (nSPS) is 19.9. The topological polar surface area (TPSA) is 46.2 Å². The van der Waals surface area contributed by atoms with Crippen LogP contribution in [0.5, 0.6) is 0 Å². The van der Waals surface area contributed by atoms with Crippen LogP contribution < -0.4 is 5.32 Å². The SMILES string of the molecule is CC(C)(C)c1cc(F)c(F)c(C2CCC(=O)NC2=O)c1. The Hall–Kier alpha value is -1.78. The molecule has 1 aliphatic rings. The number of benzene rings is 1. The number of carbonyl (C=O) groups is 2. The molecule has 1 saturated heterocycles. The highest BCUT2D eigenvalue weighted by Gasteiger charge is 2.32. The van der Waals surface area contributed by atoms with Gasteiger partial charge in [0.15, 0.2) is 11.6 Å². The average molecular weight is 281 g/mol. The first-order chi connectivity index (χ1) is 9.20. The van der Waals surface area contributed by atoms with Crippen LogP contribution in [0.25, 0.3) is 0 Å². The molecule has 0 aliphatic carbocycles. The number of halogens is 2. The van der Waals surface area contributed by atoms with Gasteiger partial charge in [-0.05, 0) is 23.5 Å². The predicted octanol–water partition coefficient (Wildman–Crippen LogP) is 2.78. The minimum Gasteiger partial charge on any atom is -0.296 e. The monoisotopic (exact) mass is 281 g/mol. The van der Waals surface area contributed by atoms with E-state index in [0.717, 1.165) is 6.07 Å². The first kappa shape index (κ1) is 14.6. The highest BCUT2D eigenvalue weighted by atomic mass is 19.2. The van der Waals surface area contributed by atoms with Crippen molar-refractivity contribution < 1.29 is 18.4 Å². The molecule has 0 saturated carbocycles. The maximum atomic E-state index is 14.0. The van der Waals surface area contributed by atoms with Gasteiger partial charge in [0.2, 0.25) is 11.8 Å². The van der Waals surface area contributed by atoms with Gasteiger partial charge in [-0.1, -0.05) is 26.8 Å². The molecule has 3 nitrogen and oxygen atoms in total. The number of rotatable bonds is 1. The van der Waals surface area contributed by atoms with E-state index in [9.17, 15) is 18.4 Å². The predicted molar refractivity (Wildman–Crippen MR) is 70.2 cm³/mol. The van der Waals surface area contributed by atoms with Crippen LogP contribution in [-0.2, 0) is 15.0 Å². The van der Waals surface area contributed by atoms with Crippen molar-refractivity contribution in [2.24, 2.45) is 0 Å². The molecule has 1 aliphatic heterocycles. The third-order valence-corrected chi connectivity index (χ3v) is 3.54. The molecule has 1 unspecified atom stereocenters. The lowest BCUT2D eigenvalue weighted by Gasteiger charge is -2.25. The van der Waals surface area contributed by atoms with Crippen molar-refractivity contribution in [2.45, 2.75) is 44.9 Å². The Labute approximate surface area is 116 Å². The molecule has 1 fully saturated rings. The molecule has 0 spiro atoms. The average Bonchev–Trinajstić information content (AvgIpc) is 2.32. The third-order valence-electron chi connectivity index (χ3n) is 3.54. The summed E-state index contributed by atoms with van der Waals surface area (Å²) in [7, 11) is 0. The van der Waals surface area contributed by atoms with Gasteiger partial charge in [-0.15, -0.1) is 0 Å². The lowest BCUT2D eigenvalue weighted by molar-refractivity contribution is -0.134. The molecule has 108 valence electrons. The van der Waals surface area contributed by atoms with Gasteiger partial charge in [0.05, 0.1) is 5.92 Å². The summed E-state index contributed by atoms with van der Waals surface area (Å²) >= 11 is 0. The second kappa shape index (κ2) is 4.96. The number of hydrogen-bond donors (Lipinski definition) is 1. The van der Waals surface area contributed by atoms with Crippen LogP contribution in [0.2, 0.25) is 0 Å². The summed E-state index contributed by atoms with van der Waals surface area (Å²) in [5.41, 5.74) is 0.292. The molecule has 0 radical (unpaired) electrons.